The van der Waals surface area contributed by atoms with E-state index in [0.717, 1.165) is 36.1 Å². The van der Waals surface area contributed by atoms with Crippen molar-refractivity contribution < 1.29 is 67.3 Å². The van der Waals surface area contributed by atoms with Gasteiger partial charge in [-0.05, 0) is 99.1 Å². The quantitative estimate of drug-likeness (QED) is 0.0496. The first kappa shape index (κ1) is 71.0. The zero-order chi connectivity index (χ0) is 63.5. The van der Waals surface area contributed by atoms with Gasteiger partial charge in [0.1, 0.15) is 11.6 Å². The number of amides is 7. The van der Waals surface area contributed by atoms with Gasteiger partial charge in [0.15, 0.2) is 11.6 Å². The molecule has 3 aliphatic heterocycles. The molecule has 13 unspecified atom stereocenters. The van der Waals surface area contributed by atoms with Gasteiger partial charge in [-0.2, -0.15) is 0 Å². The van der Waals surface area contributed by atoms with E-state index in [1.807, 2.05) is 53.8 Å². The van der Waals surface area contributed by atoms with Gasteiger partial charge >= 0.3 is 6.03 Å². The second-order valence-electron chi connectivity index (χ2n) is 25.4. The number of carbonyl (C=O) groups is 10. The number of piperidine rings is 1. The van der Waals surface area contributed by atoms with E-state index in [4.69, 9.17) is 19.9 Å². The molecule has 21 nitrogen and oxygen atoms in total. The third kappa shape index (κ3) is 19.4. The van der Waals surface area contributed by atoms with E-state index in [0.29, 0.717) is 49.8 Å². The van der Waals surface area contributed by atoms with Crippen LogP contribution in [0.2, 0.25) is 0 Å². The standard InChI is InChI=1S/C65H101N7O14/c1-12-41(6)60(70(9)64(82)50(40(4)5)36-55(77)61-46-20-21-47(34-46)69(61)8)56(84-10)37-59(80)71-26-15-19-52(71)62(85-11)42(7)53(75)33-45(38-73)31-43-16-13-17-44(30-43)32-54(76)51(18-14-25-67-65(66)83)68-63(81)49(39(2)3)35-48(74)24-28-86-29-27-72-57(78)22-23-58(72)79/h13,16-17,22-23,30,39-42,45-47,49-52,56,60-62,73H,12,14-15,18-21,24-29,31-38H2,1-11H3,(H,68,81)(H3,66,67,83). The predicted molar refractivity (Wildman–Crippen MR) is 324 cm³/mol. The molecular formula is C65H101N7O14. The second kappa shape index (κ2) is 34.1. The highest BCUT2D eigenvalue weighted by atomic mass is 16.5. The molecule has 1 saturated carbocycles. The molecular weight excluding hydrogens is 1100 g/mol. The van der Waals surface area contributed by atoms with E-state index in [1.54, 1.807) is 50.1 Å². The van der Waals surface area contributed by atoms with Crippen molar-refractivity contribution in [2.75, 3.05) is 67.8 Å². The molecule has 1 aromatic carbocycles. The number of ketones is 4. The first-order valence-corrected chi connectivity index (χ1v) is 31.4. The molecule has 21 heteroatoms. The van der Waals surface area contributed by atoms with Crippen LogP contribution in [-0.2, 0) is 70.2 Å². The summed E-state index contributed by atoms with van der Waals surface area (Å²) in [6, 6.07) is 4.97. The summed E-state index contributed by atoms with van der Waals surface area (Å²) in [5.74, 6) is -4.66. The number of methoxy groups -OCH3 is 2. The van der Waals surface area contributed by atoms with Crippen LogP contribution in [0, 0.1) is 47.3 Å². The van der Waals surface area contributed by atoms with Crippen molar-refractivity contribution in [2.45, 2.75) is 187 Å². The van der Waals surface area contributed by atoms with Crippen LogP contribution in [0.15, 0.2) is 36.4 Å². The van der Waals surface area contributed by atoms with Gasteiger partial charge < -0.3 is 45.5 Å². The minimum absolute atomic E-state index is 0.000375. The Morgan fingerprint density at radius 2 is 1.53 bits per heavy atom. The normalized spacial score (nSPS) is 21.7. The molecule has 7 amide bonds. The van der Waals surface area contributed by atoms with Crippen LogP contribution < -0.4 is 16.4 Å². The number of Topliss-reactive ketones (excluding diaryl/α,β-unsaturated/α-hetero) is 4. The summed E-state index contributed by atoms with van der Waals surface area (Å²) in [6.45, 7) is 13.9. The van der Waals surface area contributed by atoms with Crippen LogP contribution >= 0.6 is 0 Å². The number of urea groups is 1. The van der Waals surface area contributed by atoms with Crippen LogP contribution in [0.3, 0.4) is 0 Å². The predicted octanol–water partition coefficient (Wildman–Crippen LogP) is 5.04. The van der Waals surface area contributed by atoms with Gasteiger partial charge in [0.05, 0.1) is 62.6 Å². The number of rotatable bonds is 39. The minimum atomic E-state index is -0.971. The Morgan fingerprint density at radius 3 is 2.14 bits per heavy atom. The Bertz CT molecular complexity index is 2520. The molecule has 2 bridgehead atoms. The molecule has 1 aromatic rings. The number of nitrogens with one attached hydrogen (secondary N) is 2. The number of hydrogen-bond donors (Lipinski definition) is 4. The van der Waals surface area contributed by atoms with Crippen molar-refractivity contribution in [1.29, 1.82) is 0 Å². The minimum Gasteiger partial charge on any atom is -0.396 e. The van der Waals surface area contributed by atoms with E-state index >= 15 is 0 Å². The number of fused-ring (bicyclic) bond motifs is 2. The lowest BCUT2D eigenvalue weighted by atomic mass is 9.83. The molecule has 86 heavy (non-hydrogen) atoms. The van der Waals surface area contributed by atoms with Gasteiger partial charge in [-0.15, -0.1) is 0 Å². The number of primary amides is 1. The lowest BCUT2D eigenvalue weighted by molar-refractivity contribution is -0.149. The molecule has 0 radical (unpaired) electrons. The fourth-order valence-electron chi connectivity index (χ4n) is 13.6. The van der Waals surface area contributed by atoms with Crippen molar-refractivity contribution >= 4 is 58.7 Å². The zero-order valence-corrected chi connectivity index (χ0v) is 53.1. The summed E-state index contributed by atoms with van der Waals surface area (Å²) in [6.07, 6.45) is 7.09. The molecule has 3 fully saturated rings. The Morgan fingerprint density at radius 1 is 0.849 bits per heavy atom. The van der Waals surface area contributed by atoms with Crippen molar-refractivity contribution in [3.63, 3.8) is 0 Å². The lowest BCUT2D eigenvalue weighted by Gasteiger charge is -2.41. The highest BCUT2D eigenvalue weighted by Gasteiger charge is 2.49. The molecule has 0 spiro atoms. The third-order valence-electron chi connectivity index (χ3n) is 18.9. The number of nitrogens with two attached hydrogens (primary N) is 1. The number of nitrogens with zero attached hydrogens (tertiary/aromatic N) is 4. The SMILES string of the molecule is CCC(C)C(C(CC(=O)N1CCCC1C(OC)C(C)C(=O)CC(CO)Cc1cccc(CC(=O)C(CCCNC(N)=O)NC(=O)C(CC(=O)CCOCCN2C(=O)C=CC2=O)C(C)C)c1)OC)N(C)C(=O)C(CC(=O)C1C2CCC(C2)N1C)C(C)C. The first-order valence-electron chi connectivity index (χ1n) is 31.4. The van der Waals surface area contributed by atoms with Crippen LogP contribution in [0.1, 0.15) is 143 Å². The van der Waals surface area contributed by atoms with Crippen LogP contribution in [0.5, 0.6) is 0 Å². The van der Waals surface area contributed by atoms with Gasteiger partial charge in [-0.1, -0.05) is 79.2 Å². The molecule has 1 aliphatic carbocycles. The Labute approximate surface area is 509 Å². The van der Waals surface area contributed by atoms with Gasteiger partial charge in [0.25, 0.3) is 11.8 Å². The van der Waals surface area contributed by atoms with Crippen molar-refractivity contribution in [3.8, 4) is 0 Å². The molecule has 2 saturated heterocycles. The van der Waals surface area contributed by atoms with E-state index in [9.17, 15) is 53.1 Å². The molecule has 13 atom stereocenters. The summed E-state index contributed by atoms with van der Waals surface area (Å²) in [5, 5.41) is 16.1. The fraction of sp³-hybridized carbons (Fsp3) is 0.723. The summed E-state index contributed by atoms with van der Waals surface area (Å²) >= 11 is 0. The summed E-state index contributed by atoms with van der Waals surface area (Å²) in [4.78, 5) is 140. The number of aliphatic hydroxyl groups is 1. The van der Waals surface area contributed by atoms with Gasteiger partial charge in [0.2, 0.25) is 17.7 Å². The maximum absolute atomic E-state index is 14.6. The maximum Gasteiger partial charge on any atom is 0.312 e. The van der Waals surface area contributed by atoms with Crippen LogP contribution in [0.4, 0.5) is 4.79 Å². The van der Waals surface area contributed by atoms with Gasteiger partial charge in [0, 0.05) is 109 Å². The van der Waals surface area contributed by atoms with Crippen molar-refractivity contribution in [1.82, 2.24) is 30.2 Å². The van der Waals surface area contributed by atoms with E-state index in [2.05, 4.69) is 22.5 Å². The molecule has 4 aliphatic rings. The monoisotopic (exact) mass is 1200 g/mol. The Balaban J connectivity index is 1.18. The number of aliphatic hydroxyl groups excluding tert-OH is 1. The van der Waals surface area contributed by atoms with Gasteiger partial charge in [-0.3, -0.25) is 53.0 Å². The summed E-state index contributed by atoms with van der Waals surface area (Å²) < 4.78 is 17.7. The largest absolute Gasteiger partial charge is 0.396 e. The van der Waals surface area contributed by atoms with Crippen molar-refractivity contribution in [2.24, 2.45) is 53.1 Å². The number of likely N-dealkylation sites (tertiary alicyclic amines) is 2. The smallest absolute Gasteiger partial charge is 0.312 e. The first-order chi connectivity index (χ1) is 40.8. The molecule has 0 aromatic heterocycles. The number of hydrogen-bond acceptors (Lipinski definition) is 15. The van der Waals surface area contributed by atoms with Crippen molar-refractivity contribution in [3.05, 3.63) is 47.5 Å². The number of carbonyl (C=O) groups excluding carboxylic acids is 10. The summed E-state index contributed by atoms with van der Waals surface area (Å²) in [7, 11) is 6.91. The zero-order valence-electron chi connectivity index (χ0n) is 53.1. The molecule has 3 heterocycles. The van der Waals surface area contributed by atoms with E-state index < -0.39 is 77.8 Å². The number of imide groups is 1. The third-order valence-corrected chi connectivity index (χ3v) is 18.9. The average molecular weight is 1200 g/mol. The highest BCUT2D eigenvalue weighted by Crippen LogP contribution is 2.43. The maximum atomic E-state index is 14.6. The number of likely N-dealkylation sites (N-methyl/N-ethyl adjacent to an activating group) is 2. The highest BCUT2D eigenvalue weighted by molar-refractivity contribution is 6.12. The summed E-state index contributed by atoms with van der Waals surface area (Å²) in [5.41, 5.74) is 6.70. The number of benzene rings is 1. The van der Waals surface area contributed by atoms with Crippen LogP contribution in [0.25, 0.3) is 0 Å². The van der Waals surface area contributed by atoms with Crippen LogP contribution in [-0.4, -0.2) is 194 Å². The molecule has 5 rings (SSSR count). The van der Waals surface area contributed by atoms with Gasteiger partial charge in [-0.25, -0.2) is 4.79 Å². The molecule has 5 N–H and O–H groups in total. The number of ether oxygens (including phenoxy) is 3. The van der Waals surface area contributed by atoms with E-state index in [1.165, 1.54) is 12.2 Å². The van der Waals surface area contributed by atoms with E-state index in [-0.39, 0.29) is 137 Å². The fourth-order valence-corrected chi connectivity index (χ4v) is 13.6. The lowest BCUT2D eigenvalue weighted by Crippen LogP contribution is -2.54. The Kier molecular flexibility index (Phi) is 28.2. The average Bonchev–Trinajstić information content (AvgIpc) is 2.48. The second-order valence-corrected chi connectivity index (χ2v) is 25.4. The topological polar surface area (TPSA) is 282 Å². The Hall–Kier alpha value is -5.74. The molecule has 480 valence electrons.